The van der Waals surface area contributed by atoms with Gasteiger partial charge < -0.3 is 10.5 Å². The fourth-order valence-corrected chi connectivity index (χ4v) is 1.28. The lowest BCUT2D eigenvalue weighted by molar-refractivity contribution is 0.407. The number of rotatable bonds is 2. The SMILES string of the molecule is CC.COc1c(C)cnc(CN)c1C. The molecule has 14 heavy (non-hydrogen) atoms. The summed E-state index contributed by atoms with van der Waals surface area (Å²) in [6.45, 7) is 8.41. The lowest BCUT2D eigenvalue weighted by Gasteiger charge is -2.10. The summed E-state index contributed by atoms with van der Waals surface area (Å²) in [5, 5.41) is 0. The average Bonchev–Trinajstić information content (AvgIpc) is 2.22. The molecule has 0 bridgehead atoms. The summed E-state index contributed by atoms with van der Waals surface area (Å²) in [5.74, 6) is 0.894. The van der Waals surface area contributed by atoms with E-state index in [1.807, 2.05) is 27.7 Å². The highest BCUT2D eigenvalue weighted by atomic mass is 16.5. The van der Waals surface area contributed by atoms with Gasteiger partial charge in [-0.1, -0.05) is 13.8 Å². The molecule has 0 saturated carbocycles. The van der Waals surface area contributed by atoms with Crippen molar-refractivity contribution in [1.29, 1.82) is 0 Å². The summed E-state index contributed by atoms with van der Waals surface area (Å²) in [7, 11) is 1.66. The summed E-state index contributed by atoms with van der Waals surface area (Å²) < 4.78 is 5.22. The van der Waals surface area contributed by atoms with Crippen molar-refractivity contribution in [3.05, 3.63) is 23.0 Å². The lowest BCUT2D eigenvalue weighted by atomic mass is 10.1. The molecule has 0 radical (unpaired) electrons. The number of hydrogen-bond donors (Lipinski definition) is 1. The molecule has 80 valence electrons. The highest BCUT2D eigenvalue weighted by molar-refractivity contribution is 5.40. The van der Waals surface area contributed by atoms with E-state index in [2.05, 4.69) is 4.98 Å². The van der Waals surface area contributed by atoms with Gasteiger partial charge in [0.1, 0.15) is 5.75 Å². The summed E-state index contributed by atoms with van der Waals surface area (Å²) in [6, 6.07) is 0. The van der Waals surface area contributed by atoms with Crippen LogP contribution in [0.25, 0.3) is 0 Å². The van der Waals surface area contributed by atoms with E-state index >= 15 is 0 Å². The Morgan fingerprint density at radius 3 is 2.36 bits per heavy atom. The third-order valence-electron chi connectivity index (χ3n) is 1.94. The fourth-order valence-electron chi connectivity index (χ4n) is 1.28. The predicted octanol–water partition coefficient (Wildman–Crippen LogP) is 2.19. The molecule has 1 aromatic heterocycles. The van der Waals surface area contributed by atoms with Crippen LogP contribution in [0.2, 0.25) is 0 Å². The van der Waals surface area contributed by atoms with Gasteiger partial charge in [-0.25, -0.2) is 0 Å². The maximum atomic E-state index is 5.51. The molecule has 1 rings (SSSR count). The van der Waals surface area contributed by atoms with Crippen LogP contribution in [0.1, 0.15) is 30.7 Å². The number of pyridine rings is 1. The van der Waals surface area contributed by atoms with E-state index in [-0.39, 0.29) is 0 Å². The Balaban J connectivity index is 0.000000791. The molecule has 1 aromatic rings. The molecule has 0 aliphatic rings. The summed E-state index contributed by atoms with van der Waals surface area (Å²) >= 11 is 0. The molecule has 2 N–H and O–H groups in total. The summed E-state index contributed by atoms with van der Waals surface area (Å²) in [6.07, 6.45) is 1.79. The van der Waals surface area contributed by atoms with Crippen LogP contribution < -0.4 is 10.5 Å². The normalized spacial score (nSPS) is 9.00. The molecule has 0 amide bonds. The van der Waals surface area contributed by atoms with Crippen LogP contribution in [-0.2, 0) is 6.54 Å². The van der Waals surface area contributed by atoms with Crippen molar-refractivity contribution in [3.8, 4) is 5.75 Å². The molecular formula is C11H20N2O. The van der Waals surface area contributed by atoms with Gasteiger partial charge in [-0.15, -0.1) is 0 Å². The fraction of sp³-hybridized carbons (Fsp3) is 0.545. The minimum Gasteiger partial charge on any atom is -0.496 e. The van der Waals surface area contributed by atoms with Crippen LogP contribution in [0.3, 0.4) is 0 Å². The van der Waals surface area contributed by atoms with Gasteiger partial charge in [0.2, 0.25) is 0 Å². The lowest BCUT2D eigenvalue weighted by Crippen LogP contribution is -2.04. The van der Waals surface area contributed by atoms with E-state index in [4.69, 9.17) is 10.5 Å². The zero-order valence-corrected chi connectivity index (χ0v) is 9.72. The number of ether oxygens (including phenoxy) is 1. The molecule has 0 aliphatic heterocycles. The van der Waals surface area contributed by atoms with Crippen molar-refractivity contribution in [2.45, 2.75) is 34.2 Å². The zero-order chi connectivity index (χ0) is 11.1. The molecule has 1 heterocycles. The number of nitrogens with zero attached hydrogens (tertiary/aromatic N) is 1. The van der Waals surface area contributed by atoms with Crippen LogP contribution in [0.5, 0.6) is 5.75 Å². The van der Waals surface area contributed by atoms with Gasteiger partial charge in [-0.2, -0.15) is 0 Å². The number of hydrogen-bond acceptors (Lipinski definition) is 3. The van der Waals surface area contributed by atoms with Crippen LogP contribution in [0, 0.1) is 13.8 Å². The molecular weight excluding hydrogens is 176 g/mol. The molecule has 3 nitrogen and oxygen atoms in total. The Labute approximate surface area is 86.3 Å². The first kappa shape index (κ1) is 12.9. The standard InChI is InChI=1S/C9H14N2O.C2H6/c1-6-5-11-8(4-10)7(2)9(6)12-3;1-2/h5H,4,10H2,1-3H3;1-2H3. The van der Waals surface area contributed by atoms with Crippen LogP contribution >= 0.6 is 0 Å². The molecule has 0 saturated heterocycles. The van der Waals surface area contributed by atoms with E-state index in [1.165, 1.54) is 0 Å². The van der Waals surface area contributed by atoms with Crippen molar-refractivity contribution in [2.24, 2.45) is 5.73 Å². The molecule has 0 fully saturated rings. The quantitative estimate of drug-likeness (QED) is 0.788. The highest BCUT2D eigenvalue weighted by Crippen LogP contribution is 2.23. The van der Waals surface area contributed by atoms with Crippen molar-refractivity contribution >= 4 is 0 Å². The van der Waals surface area contributed by atoms with Crippen molar-refractivity contribution in [2.75, 3.05) is 7.11 Å². The third-order valence-corrected chi connectivity index (χ3v) is 1.94. The molecule has 0 aliphatic carbocycles. The number of methoxy groups -OCH3 is 1. The van der Waals surface area contributed by atoms with Crippen LogP contribution in [0.15, 0.2) is 6.20 Å². The van der Waals surface area contributed by atoms with Gasteiger partial charge in [-0.3, -0.25) is 4.98 Å². The first-order valence-electron chi connectivity index (χ1n) is 4.89. The van der Waals surface area contributed by atoms with Gasteiger partial charge in [-0.05, 0) is 13.8 Å². The van der Waals surface area contributed by atoms with E-state index in [9.17, 15) is 0 Å². The predicted molar refractivity (Wildman–Crippen MR) is 59.5 cm³/mol. The van der Waals surface area contributed by atoms with Crippen molar-refractivity contribution in [1.82, 2.24) is 4.98 Å². The molecule has 0 aromatic carbocycles. The van der Waals surface area contributed by atoms with Gasteiger partial charge in [0.15, 0.2) is 0 Å². The number of nitrogens with two attached hydrogens (primary N) is 1. The van der Waals surface area contributed by atoms with E-state index < -0.39 is 0 Å². The second-order valence-electron chi connectivity index (χ2n) is 2.75. The van der Waals surface area contributed by atoms with Crippen molar-refractivity contribution in [3.63, 3.8) is 0 Å². The van der Waals surface area contributed by atoms with Gasteiger partial charge in [0, 0.05) is 23.9 Å². The summed E-state index contributed by atoms with van der Waals surface area (Å²) in [5.41, 5.74) is 8.50. The highest BCUT2D eigenvalue weighted by Gasteiger charge is 2.06. The molecule has 0 unspecified atom stereocenters. The van der Waals surface area contributed by atoms with Crippen LogP contribution in [-0.4, -0.2) is 12.1 Å². The molecule has 0 spiro atoms. The Hall–Kier alpha value is -1.09. The van der Waals surface area contributed by atoms with Gasteiger partial charge >= 0.3 is 0 Å². The monoisotopic (exact) mass is 196 g/mol. The Kier molecular flexibility index (Phi) is 5.88. The Morgan fingerprint density at radius 1 is 1.36 bits per heavy atom. The van der Waals surface area contributed by atoms with Gasteiger partial charge in [0.25, 0.3) is 0 Å². The zero-order valence-electron chi connectivity index (χ0n) is 9.72. The largest absolute Gasteiger partial charge is 0.496 e. The summed E-state index contributed by atoms with van der Waals surface area (Å²) in [4.78, 5) is 4.20. The van der Waals surface area contributed by atoms with Crippen molar-refractivity contribution < 1.29 is 4.74 Å². The second kappa shape index (κ2) is 6.38. The smallest absolute Gasteiger partial charge is 0.128 e. The maximum absolute atomic E-state index is 5.51. The minimum absolute atomic E-state index is 0.461. The minimum atomic E-state index is 0.461. The third kappa shape index (κ3) is 2.70. The average molecular weight is 196 g/mol. The van der Waals surface area contributed by atoms with E-state index in [1.54, 1.807) is 13.3 Å². The Morgan fingerprint density at radius 2 is 1.93 bits per heavy atom. The first-order chi connectivity index (χ1) is 6.70. The maximum Gasteiger partial charge on any atom is 0.128 e. The number of aromatic nitrogens is 1. The van der Waals surface area contributed by atoms with Crippen LogP contribution in [0.4, 0.5) is 0 Å². The second-order valence-corrected chi connectivity index (χ2v) is 2.75. The first-order valence-corrected chi connectivity index (χ1v) is 4.89. The van der Waals surface area contributed by atoms with E-state index in [0.717, 1.165) is 22.6 Å². The van der Waals surface area contributed by atoms with Gasteiger partial charge in [0.05, 0.1) is 12.8 Å². The Bertz CT molecular complexity index is 285. The topological polar surface area (TPSA) is 48.1 Å². The molecule has 3 heteroatoms. The molecule has 0 atom stereocenters. The number of aryl methyl sites for hydroxylation is 1. The van der Waals surface area contributed by atoms with E-state index in [0.29, 0.717) is 6.54 Å².